The molecule has 3 heteroatoms. The van der Waals surface area contributed by atoms with E-state index in [9.17, 15) is 0 Å². The lowest BCUT2D eigenvalue weighted by Crippen LogP contribution is -2.30. The number of hydrogen-bond acceptors (Lipinski definition) is 3. The third kappa shape index (κ3) is 4.70. The average Bonchev–Trinajstić information content (AvgIpc) is 2.48. The number of aromatic nitrogens is 1. The van der Waals surface area contributed by atoms with E-state index in [1.165, 1.54) is 37.7 Å². The van der Waals surface area contributed by atoms with Crippen LogP contribution in [-0.2, 0) is 13.0 Å². The molecule has 0 radical (unpaired) electrons. The molecular formula is C18H30N2O. The van der Waals surface area contributed by atoms with E-state index >= 15 is 0 Å². The molecule has 0 amide bonds. The van der Waals surface area contributed by atoms with Gasteiger partial charge in [0, 0.05) is 18.3 Å². The van der Waals surface area contributed by atoms with Crippen LogP contribution in [0.25, 0.3) is 0 Å². The highest BCUT2D eigenvalue weighted by molar-refractivity contribution is 5.25. The minimum Gasteiger partial charge on any atom is -0.474 e. The van der Waals surface area contributed by atoms with Crippen LogP contribution in [0.3, 0.4) is 0 Å². The summed E-state index contributed by atoms with van der Waals surface area (Å²) in [4.78, 5) is 4.72. The van der Waals surface area contributed by atoms with E-state index in [-0.39, 0.29) is 0 Å². The van der Waals surface area contributed by atoms with Gasteiger partial charge in [-0.05, 0) is 56.7 Å². The number of nitrogens with one attached hydrogen (secondary N) is 1. The van der Waals surface area contributed by atoms with Crippen molar-refractivity contribution in [1.82, 2.24) is 10.3 Å². The fraction of sp³-hybridized carbons (Fsp3) is 0.722. The number of nitrogens with zero attached hydrogens (tertiary/aromatic N) is 1. The van der Waals surface area contributed by atoms with Crippen LogP contribution in [0.4, 0.5) is 0 Å². The Hall–Kier alpha value is -1.09. The maximum absolute atomic E-state index is 6.29. The zero-order chi connectivity index (χ0) is 15.1. The number of ether oxygens (including phenoxy) is 1. The standard InChI is InChI=1S/C18H30N2O/c1-4-8-16-11-14(13-19-3)12-18(20-16)21-17-10-7-6-9-15(17)5-2/h11-12,15,17,19H,4-10,13H2,1-3H3. The van der Waals surface area contributed by atoms with E-state index in [0.29, 0.717) is 12.0 Å². The van der Waals surface area contributed by atoms with Gasteiger partial charge in [-0.1, -0.05) is 26.7 Å². The first-order valence-electron chi connectivity index (χ1n) is 8.57. The molecule has 0 bridgehead atoms. The Morgan fingerprint density at radius 3 is 2.76 bits per heavy atom. The molecule has 118 valence electrons. The van der Waals surface area contributed by atoms with E-state index in [1.54, 1.807) is 0 Å². The lowest BCUT2D eigenvalue weighted by atomic mass is 9.85. The summed E-state index contributed by atoms with van der Waals surface area (Å²) in [5.74, 6) is 1.53. The van der Waals surface area contributed by atoms with Gasteiger partial charge in [-0.2, -0.15) is 0 Å². The van der Waals surface area contributed by atoms with Gasteiger partial charge in [0.25, 0.3) is 0 Å². The zero-order valence-corrected chi connectivity index (χ0v) is 13.8. The predicted molar refractivity (Wildman–Crippen MR) is 87.7 cm³/mol. The summed E-state index contributed by atoms with van der Waals surface area (Å²) in [6.07, 6.45) is 8.84. The van der Waals surface area contributed by atoms with E-state index in [0.717, 1.165) is 31.0 Å². The van der Waals surface area contributed by atoms with Crippen molar-refractivity contribution in [3.63, 3.8) is 0 Å². The highest BCUT2D eigenvalue weighted by atomic mass is 16.5. The Morgan fingerprint density at radius 1 is 1.24 bits per heavy atom. The van der Waals surface area contributed by atoms with Gasteiger partial charge >= 0.3 is 0 Å². The van der Waals surface area contributed by atoms with Crippen LogP contribution in [0, 0.1) is 5.92 Å². The van der Waals surface area contributed by atoms with Crippen molar-refractivity contribution >= 4 is 0 Å². The molecule has 2 atom stereocenters. The quantitative estimate of drug-likeness (QED) is 0.821. The van der Waals surface area contributed by atoms with Gasteiger partial charge in [-0.25, -0.2) is 4.98 Å². The Balaban J connectivity index is 2.13. The molecule has 0 spiro atoms. The smallest absolute Gasteiger partial charge is 0.214 e. The van der Waals surface area contributed by atoms with Gasteiger partial charge in [0.15, 0.2) is 0 Å². The largest absolute Gasteiger partial charge is 0.474 e. The fourth-order valence-corrected chi connectivity index (χ4v) is 3.32. The van der Waals surface area contributed by atoms with Crippen molar-refractivity contribution in [1.29, 1.82) is 0 Å². The minimum atomic E-state index is 0.357. The molecule has 1 aromatic heterocycles. The Morgan fingerprint density at radius 2 is 2.05 bits per heavy atom. The normalized spacial score (nSPS) is 22.2. The zero-order valence-electron chi connectivity index (χ0n) is 13.8. The summed E-state index contributed by atoms with van der Waals surface area (Å²) in [5, 5.41) is 3.22. The Bertz CT molecular complexity index is 409. The minimum absolute atomic E-state index is 0.357. The molecule has 1 fully saturated rings. The molecule has 2 unspecified atom stereocenters. The first-order chi connectivity index (χ1) is 10.3. The molecule has 0 aliphatic heterocycles. The molecule has 1 heterocycles. The van der Waals surface area contributed by atoms with Gasteiger partial charge in [0.1, 0.15) is 6.10 Å². The molecule has 1 aromatic rings. The topological polar surface area (TPSA) is 34.1 Å². The molecule has 2 rings (SSSR count). The first kappa shape index (κ1) is 16.3. The summed E-state index contributed by atoms with van der Waals surface area (Å²) in [6.45, 7) is 5.35. The highest BCUT2D eigenvalue weighted by Gasteiger charge is 2.25. The molecule has 1 aliphatic carbocycles. The molecule has 0 saturated heterocycles. The van der Waals surface area contributed by atoms with Gasteiger partial charge < -0.3 is 10.1 Å². The van der Waals surface area contributed by atoms with Crippen LogP contribution in [0.15, 0.2) is 12.1 Å². The maximum atomic E-state index is 6.29. The van der Waals surface area contributed by atoms with Crippen molar-refractivity contribution in [3.05, 3.63) is 23.4 Å². The van der Waals surface area contributed by atoms with Crippen LogP contribution in [-0.4, -0.2) is 18.1 Å². The lowest BCUT2D eigenvalue weighted by molar-refractivity contribution is 0.0855. The highest BCUT2D eigenvalue weighted by Crippen LogP contribution is 2.30. The van der Waals surface area contributed by atoms with Crippen LogP contribution in [0.1, 0.15) is 63.6 Å². The summed E-state index contributed by atoms with van der Waals surface area (Å²) in [6, 6.07) is 4.31. The van der Waals surface area contributed by atoms with Crippen molar-refractivity contribution in [2.45, 2.75) is 71.4 Å². The second kappa shape index (κ2) is 8.38. The Labute approximate surface area is 129 Å². The van der Waals surface area contributed by atoms with E-state index in [4.69, 9.17) is 9.72 Å². The van der Waals surface area contributed by atoms with E-state index in [2.05, 4.69) is 31.3 Å². The Kier molecular flexibility index (Phi) is 6.50. The molecule has 1 N–H and O–H groups in total. The van der Waals surface area contributed by atoms with Gasteiger partial charge in [0.2, 0.25) is 5.88 Å². The number of aryl methyl sites for hydroxylation is 1. The first-order valence-corrected chi connectivity index (χ1v) is 8.57. The van der Waals surface area contributed by atoms with Crippen LogP contribution >= 0.6 is 0 Å². The molecule has 1 aliphatic rings. The molecule has 1 saturated carbocycles. The summed E-state index contributed by atoms with van der Waals surface area (Å²) >= 11 is 0. The van der Waals surface area contributed by atoms with Crippen molar-refractivity contribution in [2.75, 3.05) is 7.05 Å². The summed E-state index contributed by atoms with van der Waals surface area (Å²) in [7, 11) is 1.98. The summed E-state index contributed by atoms with van der Waals surface area (Å²) < 4.78 is 6.29. The average molecular weight is 290 g/mol. The SMILES string of the molecule is CCCc1cc(CNC)cc(OC2CCCCC2CC)n1. The van der Waals surface area contributed by atoms with Gasteiger partial charge in [-0.15, -0.1) is 0 Å². The maximum Gasteiger partial charge on any atom is 0.214 e. The number of pyridine rings is 1. The van der Waals surface area contributed by atoms with Gasteiger partial charge in [-0.3, -0.25) is 0 Å². The van der Waals surface area contributed by atoms with E-state index < -0.39 is 0 Å². The third-order valence-electron chi connectivity index (χ3n) is 4.44. The molecule has 21 heavy (non-hydrogen) atoms. The van der Waals surface area contributed by atoms with Crippen LogP contribution in [0.5, 0.6) is 5.88 Å². The second-order valence-corrected chi connectivity index (χ2v) is 6.19. The predicted octanol–water partition coefficient (Wildman–Crippen LogP) is 4.10. The summed E-state index contributed by atoms with van der Waals surface area (Å²) in [5.41, 5.74) is 2.43. The van der Waals surface area contributed by atoms with E-state index in [1.807, 2.05) is 7.05 Å². The fourth-order valence-electron chi connectivity index (χ4n) is 3.32. The molecule has 0 aromatic carbocycles. The van der Waals surface area contributed by atoms with Crippen LogP contribution in [0.2, 0.25) is 0 Å². The van der Waals surface area contributed by atoms with Crippen molar-refractivity contribution in [2.24, 2.45) is 5.92 Å². The monoisotopic (exact) mass is 290 g/mol. The number of rotatable bonds is 7. The second-order valence-electron chi connectivity index (χ2n) is 6.19. The van der Waals surface area contributed by atoms with Crippen LogP contribution < -0.4 is 10.1 Å². The lowest BCUT2D eigenvalue weighted by Gasteiger charge is -2.31. The van der Waals surface area contributed by atoms with Crippen molar-refractivity contribution in [3.8, 4) is 5.88 Å². The van der Waals surface area contributed by atoms with Crippen molar-refractivity contribution < 1.29 is 4.74 Å². The molecule has 3 nitrogen and oxygen atoms in total. The molecular weight excluding hydrogens is 260 g/mol. The van der Waals surface area contributed by atoms with Gasteiger partial charge in [0.05, 0.1) is 0 Å². The number of hydrogen-bond donors (Lipinski definition) is 1. The third-order valence-corrected chi connectivity index (χ3v) is 4.44.